The molecule has 76 valence electrons. The minimum absolute atomic E-state index is 0.456. The number of nitrogens with zero attached hydrogens (tertiary/aromatic N) is 1. The molecule has 0 fully saturated rings. The second-order valence-electron chi connectivity index (χ2n) is 3.35. The number of carbonyl (C=O) groups is 1. The van der Waals surface area contributed by atoms with Crippen LogP contribution < -0.4 is 0 Å². The predicted molar refractivity (Wildman–Crippen MR) is 62.8 cm³/mol. The van der Waals surface area contributed by atoms with Gasteiger partial charge in [-0.3, -0.25) is 4.79 Å². The fourth-order valence-corrected chi connectivity index (χ4v) is 1.72. The highest BCUT2D eigenvalue weighted by Crippen LogP contribution is 2.21. The predicted octanol–water partition coefficient (Wildman–Crippen LogP) is 2.96. The summed E-state index contributed by atoms with van der Waals surface area (Å²) in [4.78, 5) is 10.6. The zero-order valence-electron chi connectivity index (χ0n) is 8.27. The minimum Gasteiger partial charge on any atom is -0.350 e. The Hall–Kier alpha value is -1.54. The standard InChI is InChI=1S/C12H10ClNO/c1-14-8-9(6-7-12(13)15)10-4-2-3-5-11(10)14/h2-8H,1H3/b7-6+. The van der Waals surface area contributed by atoms with Gasteiger partial charge in [0.05, 0.1) is 0 Å². The zero-order valence-corrected chi connectivity index (χ0v) is 9.03. The first-order chi connectivity index (χ1) is 7.18. The number of carbonyl (C=O) groups excluding carboxylic acids is 1. The molecule has 0 spiro atoms. The van der Waals surface area contributed by atoms with E-state index in [-0.39, 0.29) is 0 Å². The highest BCUT2D eigenvalue weighted by molar-refractivity contribution is 6.66. The minimum atomic E-state index is -0.456. The van der Waals surface area contributed by atoms with Crippen LogP contribution in [0.5, 0.6) is 0 Å². The van der Waals surface area contributed by atoms with Gasteiger partial charge in [0.1, 0.15) is 0 Å². The highest BCUT2D eigenvalue weighted by Gasteiger charge is 2.02. The summed E-state index contributed by atoms with van der Waals surface area (Å²) in [6, 6.07) is 8.02. The second-order valence-corrected chi connectivity index (χ2v) is 3.72. The zero-order chi connectivity index (χ0) is 10.8. The molecule has 15 heavy (non-hydrogen) atoms. The summed E-state index contributed by atoms with van der Waals surface area (Å²) >= 11 is 5.25. The smallest absolute Gasteiger partial charge is 0.245 e. The molecule has 1 heterocycles. The fraction of sp³-hybridized carbons (Fsp3) is 0.0833. The van der Waals surface area contributed by atoms with Crippen LogP contribution in [-0.2, 0) is 11.8 Å². The van der Waals surface area contributed by atoms with Gasteiger partial charge in [0.15, 0.2) is 0 Å². The van der Waals surface area contributed by atoms with Crippen LogP contribution in [0, 0.1) is 0 Å². The number of fused-ring (bicyclic) bond motifs is 1. The summed E-state index contributed by atoms with van der Waals surface area (Å²) in [5.41, 5.74) is 2.14. The molecule has 0 bridgehead atoms. The van der Waals surface area contributed by atoms with Gasteiger partial charge in [-0.15, -0.1) is 0 Å². The number of benzene rings is 1. The monoisotopic (exact) mass is 219 g/mol. The van der Waals surface area contributed by atoms with Crippen molar-refractivity contribution < 1.29 is 4.79 Å². The van der Waals surface area contributed by atoms with E-state index in [2.05, 4.69) is 0 Å². The van der Waals surface area contributed by atoms with Crippen LogP contribution in [0.1, 0.15) is 5.56 Å². The summed E-state index contributed by atoms with van der Waals surface area (Å²) in [6.07, 6.45) is 5.07. The number of aryl methyl sites for hydroxylation is 1. The summed E-state index contributed by atoms with van der Waals surface area (Å²) in [5.74, 6) is 0. The van der Waals surface area contributed by atoms with Crippen molar-refractivity contribution in [1.82, 2.24) is 4.57 Å². The number of hydrogen-bond donors (Lipinski definition) is 0. The topological polar surface area (TPSA) is 22.0 Å². The maximum Gasteiger partial charge on any atom is 0.245 e. The van der Waals surface area contributed by atoms with Crippen molar-refractivity contribution >= 4 is 33.8 Å². The first-order valence-corrected chi connectivity index (χ1v) is 4.98. The van der Waals surface area contributed by atoms with E-state index >= 15 is 0 Å². The van der Waals surface area contributed by atoms with Gasteiger partial charge in [-0.25, -0.2) is 0 Å². The van der Waals surface area contributed by atoms with Crippen LogP contribution in [0.4, 0.5) is 0 Å². The molecule has 1 aromatic carbocycles. The van der Waals surface area contributed by atoms with Crippen molar-refractivity contribution in [3.8, 4) is 0 Å². The van der Waals surface area contributed by atoms with Crippen LogP contribution in [0.3, 0.4) is 0 Å². The third-order valence-corrected chi connectivity index (χ3v) is 2.45. The number of para-hydroxylation sites is 1. The van der Waals surface area contributed by atoms with Crippen LogP contribution in [0.15, 0.2) is 36.5 Å². The molecular formula is C12H10ClNO. The van der Waals surface area contributed by atoms with Crippen molar-refractivity contribution in [3.63, 3.8) is 0 Å². The lowest BCUT2D eigenvalue weighted by Crippen LogP contribution is -1.81. The van der Waals surface area contributed by atoms with E-state index in [0.29, 0.717) is 0 Å². The molecule has 0 saturated carbocycles. The Balaban J connectivity index is 2.57. The number of hydrogen-bond acceptors (Lipinski definition) is 1. The van der Waals surface area contributed by atoms with E-state index in [4.69, 9.17) is 11.6 Å². The molecular weight excluding hydrogens is 210 g/mol. The largest absolute Gasteiger partial charge is 0.350 e. The average Bonchev–Trinajstić information content (AvgIpc) is 2.54. The quantitative estimate of drug-likeness (QED) is 0.562. The van der Waals surface area contributed by atoms with Gasteiger partial charge < -0.3 is 4.57 Å². The molecule has 2 rings (SSSR count). The first kappa shape index (κ1) is 9.99. The van der Waals surface area contributed by atoms with Crippen molar-refractivity contribution in [2.45, 2.75) is 0 Å². The maximum atomic E-state index is 10.6. The first-order valence-electron chi connectivity index (χ1n) is 4.60. The van der Waals surface area contributed by atoms with Crippen molar-refractivity contribution in [3.05, 3.63) is 42.1 Å². The number of allylic oxidation sites excluding steroid dienone is 1. The van der Waals surface area contributed by atoms with Crippen molar-refractivity contribution in [1.29, 1.82) is 0 Å². The summed E-state index contributed by atoms with van der Waals surface area (Å²) in [7, 11) is 1.97. The van der Waals surface area contributed by atoms with Gasteiger partial charge in [0.2, 0.25) is 5.24 Å². The molecule has 3 heteroatoms. The summed E-state index contributed by atoms with van der Waals surface area (Å²) < 4.78 is 2.02. The Morgan fingerprint density at radius 2 is 2.13 bits per heavy atom. The van der Waals surface area contributed by atoms with Crippen molar-refractivity contribution in [2.75, 3.05) is 0 Å². The second kappa shape index (κ2) is 3.91. The molecule has 0 saturated heterocycles. The lowest BCUT2D eigenvalue weighted by atomic mass is 10.2. The molecule has 0 N–H and O–H groups in total. The van der Waals surface area contributed by atoms with Gasteiger partial charge in [-0.05, 0) is 29.8 Å². The van der Waals surface area contributed by atoms with Gasteiger partial charge in [0.25, 0.3) is 0 Å². The maximum absolute atomic E-state index is 10.6. The summed E-state index contributed by atoms with van der Waals surface area (Å²) in [6.45, 7) is 0. The lowest BCUT2D eigenvalue weighted by molar-refractivity contribution is -0.107. The third kappa shape index (κ3) is 1.95. The van der Waals surface area contributed by atoms with Gasteiger partial charge in [-0.2, -0.15) is 0 Å². The van der Waals surface area contributed by atoms with Gasteiger partial charge in [0, 0.05) is 29.7 Å². The Morgan fingerprint density at radius 3 is 2.87 bits per heavy atom. The van der Waals surface area contributed by atoms with E-state index in [9.17, 15) is 4.79 Å². The van der Waals surface area contributed by atoms with Gasteiger partial charge >= 0.3 is 0 Å². The van der Waals surface area contributed by atoms with Gasteiger partial charge in [-0.1, -0.05) is 18.2 Å². The van der Waals surface area contributed by atoms with E-state index in [0.717, 1.165) is 16.5 Å². The fourth-order valence-electron chi connectivity index (χ4n) is 1.66. The average molecular weight is 220 g/mol. The number of halogens is 1. The van der Waals surface area contributed by atoms with Crippen LogP contribution in [0.2, 0.25) is 0 Å². The molecule has 1 aromatic heterocycles. The normalized spacial score (nSPS) is 11.3. The Morgan fingerprint density at radius 1 is 1.40 bits per heavy atom. The Kier molecular flexibility index (Phi) is 2.60. The highest BCUT2D eigenvalue weighted by atomic mass is 35.5. The van der Waals surface area contributed by atoms with E-state index < -0.39 is 5.24 Å². The molecule has 2 nitrogen and oxygen atoms in total. The van der Waals surface area contributed by atoms with Crippen LogP contribution >= 0.6 is 11.6 Å². The Bertz CT molecular complexity index is 540. The molecule has 0 aliphatic rings. The van der Waals surface area contributed by atoms with E-state index in [1.54, 1.807) is 6.08 Å². The molecule has 0 atom stereocenters. The summed E-state index contributed by atoms with van der Waals surface area (Å²) in [5, 5.41) is 0.664. The number of rotatable bonds is 2. The van der Waals surface area contributed by atoms with Crippen molar-refractivity contribution in [2.24, 2.45) is 7.05 Å². The third-order valence-electron chi connectivity index (χ3n) is 2.32. The molecule has 0 radical (unpaired) electrons. The van der Waals surface area contributed by atoms with Crippen LogP contribution in [0.25, 0.3) is 17.0 Å². The SMILES string of the molecule is Cn1cc(/C=C/C(=O)Cl)c2ccccc21. The number of aromatic nitrogens is 1. The van der Waals surface area contributed by atoms with E-state index in [1.807, 2.05) is 42.1 Å². The Labute approximate surface area is 92.8 Å². The molecule has 2 aromatic rings. The molecule has 0 aliphatic carbocycles. The molecule has 0 aliphatic heterocycles. The lowest BCUT2D eigenvalue weighted by Gasteiger charge is -1.92. The van der Waals surface area contributed by atoms with Crippen LogP contribution in [-0.4, -0.2) is 9.81 Å². The molecule has 0 amide bonds. The van der Waals surface area contributed by atoms with E-state index in [1.165, 1.54) is 6.08 Å². The molecule has 0 unspecified atom stereocenters.